The zero-order valence-electron chi connectivity index (χ0n) is 22.2. The fourth-order valence-electron chi connectivity index (χ4n) is 4.95. The topological polar surface area (TPSA) is 111 Å². The molecular formula is C31H27FN4O3S2. The number of nitrogens with two attached hydrogens (primary N) is 1. The molecule has 1 unspecified atom stereocenters. The number of nitrogens with zero attached hydrogens (tertiary/aromatic N) is 3. The largest absolute Gasteiger partial charge is 0.476 e. The highest BCUT2D eigenvalue weighted by molar-refractivity contribution is 7.82. The number of benzene rings is 3. The summed E-state index contributed by atoms with van der Waals surface area (Å²) in [4.78, 5) is 16.0. The Balaban J connectivity index is 1.54. The minimum absolute atomic E-state index is 0.0438. The van der Waals surface area contributed by atoms with Crippen LogP contribution in [0.1, 0.15) is 45.7 Å². The molecule has 7 nitrogen and oxygen atoms in total. The molecular weight excluding hydrogens is 559 g/mol. The Morgan fingerprint density at radius 2 is 1.85 bits per heavy atom. The normalized spacial score (nSPS) is 13.8. The predicted molar refractivity (Wildman–Crippen MR) is 158 cm³/mol. The van der Waals surface area contributed by atoms with Crippen LogP contribution in [0.2, 0.25) is 0 Å². The molecule has 1 saturated carbocycles. The van der Waals surface area contributed by atoms with Crippen molar-refractivity contribution in [2.24, 2.45) is 11.1 Å². The van der Waals surface area contributed by atoms with Crippen molar-refractivity contribution in [3.05, 3.63) is 106 Å². The van der Waals surface area contributed by atoms with Gasteiger partial charge in [-0.1, -0.05) is 54.1 Å². The summed E-state index contributed by atoms with van der Waals surface area (Å²) < 4.78 is 28.3. The van der Waals surface area contributed by atoms with Gasteiger partial charge in [0.1, 0.15) is 16.8 Å². The number of hydrogen-bond donors (Lipinski definition) is 2. The van der Waals surface area contributed by atoms with E-state index in [1.54, 1.807) is 10.7 Å². The quantitative estimate of drug-likeness (QED) is 0.210. The summed E-state index contributed by atoms with van der Waals surface area (Å²) in [5.41, 5.74) is 7.38. The van der Waals surface area contributed by atoms with Crippen LogP contribution in [-0.4, -0.2) is 30.0 Å². The fourth-order valence-corrected chi connectivity index (χ4v) is 6.16. The molecule has 3 aromatic carbocycles. The minimum atomic E-state index is -1.92. The second kappa shape index (κ2) is 11.1. The Morgan fingerprint density at radius 3 is 2.51 bits per heavy atom. The number of aryl methyl sites for hydroxylation is 1. The molecule has 1 aliphatic carbocycles. The Bertz CT molecular complexity index is 1790. The smallest absolute Gasteiger partial charge is 0.355 e. The second-order valence-corrected chi connectivity index (χ2v) is 12.2. The van der Waals surface area contributed by atoms with E-state index in [4.69, 9.17) is 10.2 Å². The van der Waals surface area contributed by atoms with E-state index in [1.165, 1.54) is 34.4 Å². The molecule has 0 spiro atoms. The summed E-state index contributed by atoms with van der Waals surface area (Å²) in [6.45, 7) is 2.05. The first-order valence-corrected chi connectivity index (χ1v) is 15.3. The monoisotopic (exact) mass is 586 g/mol. The van der Waals surface area contributed by atoms with Gasteiger partial charge in [0.15, 0.2) is 5.69 Å². The van der Waals surface area contributed by atoms with E-state index in [1.807, 2.05) is 25.1 Å². The zero-order valence-corrected chi connectivity index (χ0v) is 23.8. The first-order valence-electron chi connectivity index (χ1n) is 13.2. The molecule has 3 N–H and O–H groups in total. The van der Waals surface area contributed by atoms with Crippen molar-refractivity contribution in [3.63, 3.8) is 0 Å². The first kappa shape index (κ1) is 27.2. The maximum atomic E-state index is 14.8. The number of thiazole rings is 1. The predicted octanol–water partition coefficient (Wildman–Crippen LogP) is 6.33. The van der Waals surface area contributed by atoms with Crippen LogP contribution in [0.25, 0.3) is 27.5 Å². The molecule has 2 aromatic heterocycles. The summed E-state index contributed by atoms with van der Waals surface area (Å²) in [5, 5.41) is 21.9. The Kier molecular flexibility index (Phi) is 7.37. The number of carboxylic acid groups (broad SMARTS) is 1. The number of aromatic nitrogens is 3. The van der Waals surface area contributed by atoms with E-state index in [0.29, 0.717) is 23.0 Å². The van der Waals surface area contributed by atoms with Gasteiger partial charge in [0.25, 0.3) is 0 Å². The molecule has 1 fully saturated rings. The van der Waals surface area contributed by atoms with Gasteiger partial charge in [-0.15, -0.1) is 11.3 Å². The SMILES string of the molecule is Cc1ccc(-c2cccc(-c3c(Cc4ccc(S(N)=O)c(F)c4)c(CC4CC4)nn3-c3nc(C(=O)O)cs3)c2)cc1. The van der Waals surface area contributed by atoms with E-state index < -0.39 is 22.8 Å². The number of rotatable bonds is 9. The van der Waals surface area contributed by atoms with Crippen molar-refractivity contribution in [2.45, 2.75) is 37.5 Å². The summed E-state index contributed by atoms with van der Waals surface area (Å²) in [5.74, 6) is -1.20. The molecule has 0 saturated heterocycles. The zero-order chi connectivity index (χ0) is 28.7. The van der Waals surface area contributed by atoms with Crippen LogP contribution < -0.4 is 5.14 Å². The number of carboxylic acids is 1. The number of halogens is 1. The van der Waals surface area contributed by atoms with E-state index in [0.717, 1.165) is 52.9 Å². The highest BCUT2D eigenvalue weighted by Crippen LogP contribution is 2.39. The molecule has 1 aliphatic rings. The van der Waals surface area contributed by atoms with Crippen LogP contribution in [-0.2, 0) is 23.8 Å². The van der Waals surface area contributed by atoms with Gasteiger partial charge in [0, 0.05) is 22.9 Å². The highest BCUT2D eigenvalue weighted by Gasteiger charge is 2.29. The van der Waals surface area contributed by atoms with Crippen molar-refractivity contribution < 1.29 is 18.5 Å². The third-order valence-corrected chi connectivity index (χ3v) is 8.83. The van der Waals surface area contributed by atoms with Crippen LogP contribution in [0.5, 0.6) is 0 Å². The van der Waals surface area contributed by atoms with Gasteiger partial charge in [-0.25, -0.2) is 28.2 Å². The molecule has 6 rings (SSSR count). The van der Waals surface area contributed by atoms with Crippen LogP contribution in [0.4, 0.5) is 4.39 Å². The lowest BCUT2D eigenvalue weighted by Crippen LogP contribution is -2.06. The standard InChI is InChI=1S/C31H27FN4O3S2/c1-18-5-10-21(11-6-18)22-3-2-4-23(16-22)29-24(13-20-9-12-28(41(33)39)25(32)14-20)26(15-19-7-8-19)35-36(29)31-34-27(17-40-31)30(37)38/h2-6,9-12,14,16-17,19H,7-8,13,15,33H2,1H3,(H,37,38). The average Bonchev–Trinajstić information content (AvgIpc) is 3.50. The number of aromatic carboxylic acids is 1. The van der Waals surface area contributed by atoms with Crippen molar-refractivity contribution in [1.29, 1.82) is 0 Å². The van der Waals surface area contributed by atoms with Crippen LogP contribution in [0.3, 0.4) is 0 Å². The Morgan fingerprint density at radius 1 is 1.10 bits per heavy atom. The molecule has 1 atom stereocenters. The summed E-state index contributed by atoms with van der Waals surface area (Å²) in [6, 6.07) is 21.0. The second-order valence-electron chi connectivity index (χ2n) is 10.3. The van der Waals surface area contributed by atoms with Crippen LogP contribution >= 0.6 is 11.3 Å². The molecule has 0 bridgehead atoms. The van der Waals surface area contributed by atoms with Crippen molar-refractivity contribution in [3.8, 4) is 27.5 Å². The van der Waals surface area contributed by atoms with Gasteiger partial charge in [-0.2, -0.15) is 5.10 Å². The van der Waals surface area contributed by atoms with E-state index in [-0.39, 0.29) is 10.6 Å². The highest BCUT2D eigenvalue weighted by atomic mass is 32.2. The Labute approximate surface area is 243 Å². The maximum absolute atomic E-state index is 14.8. The van der Waals surface area contributed by atoms with Gasteiger partial charge < -0.3 is 5.11 Å². The third kappa shape index (κ3) is 5.76. The molecule has 5 aromatic rings. The van der Waals surface area contributed by atoms with Crippen molar-refractivity contribution in [2.75, 3.05) is 0 Å². The summed E-state index contributed by atoms with van der Waals surface area (Å²) in [6.07, 6.45) is 3.38. The minimum Gasteiger partial charge on any atom is -0.476 e. The van der Waals surface area contributed by atoms with Gasteiger partial charge in [0.05, 0.1) is 16.3 Å². The summed E-state index contributed by atoms with van der Waals surface area (Å²) in [7, 11) is -1.92. The molecule has 208 valence electrons. The van der Waals surface area contributed by atoms with Gasteiger partial charge in [-0.3, -0.25) is 0 Å². The van der Waals surface area contributed by atoms with Crippen molar-refractivity contribution in [1.82, 2.24) is 14.8 Å². The number of hydrogen-bond acceptors (Lipinski definition) is 5. The van der Waals surface area contributed by atoms with Crippen molar-refractivity contribution >= 4 is 28.3 Å². The van der Waals surface area contributed by atoms with E-state index in [9.17, 15) is 18.5 Å². The lowest BCUT2D eigenvalue weighted by Gasteiger charge is -2.12. The molecule has 0 amide bonds. The third-order valence-electron chi connectivity index (χ3n) is 7.25. The first-order chi connectivity index (χ1) is 19.8. The lowest BCUT2D eigenvalue weighted by molar-refractivity contribution is 0.0691. The molecule has 2 heterocycles. The van der Waals surface area contributed by atoms with Gasteiger partial charge in [0.2, 0.25) is 5.13 Å². The van der Waals surface area contributed by atoms with Crippen LogP contribution in [0, 0.1) is 18.7 Å². The van der Waals surface area contributed by atoms with E-state index in [2.05, 4.69) is 35.3 Å². The molecule has 41 heavy (non-hydrogen) atoms. The van der Waals surface area contributed by atoms with Gasteiger partial charge in [-0.05, 0) is 67.0 Å². The van der Waals surface area contributed by atoms with E-state index >= 15 is 0 Å². The van der Waals surface area contributed by atoms with Gasteiger partial charge >= 0.3 is 5.97 Å². The lowest BCUT2D eigenvalue weighted by atomic mass is 9.95. The molecule has 0 aliphatic heterocycles. The number of carbonyl (C=O) groups is 1. The Hall–Kier alpha value is -3.99. The molecule has 10 heteroatoms. The average molecular weight is 587 g/mol. The maximum Gasteiger partial charge on any atom is 0.355 e. The van der Waals surface area contributed by atoms with Crippen LogP contribution in [0.15, 0.2) is 77.0 Å². The summed E-state index contributed by atoms with van der Waals surface area (Å²) >= 11 is 1.21. The molecule has 0 radical (unpaired) electrons. The fraction of sp³-hybridized carbons (Fsp3) is 0.194.